The SMILES string of the molecule is COc1ccc([C@@]2(O)OC(=O)C(c3ccc4c(c3)OCO4)=C2Cc2cc(OC)c(OC)c(OC)c2)cc1. The summed E-state index contributed by atoms with van der Waals surface area (Å²) in [6, 6.07) is 15.4. The summed E-state index contributed by atoms with van der Waals surface area (Å²) in [6.07, 6.45) is 0.134. The van der Waals surface area contributed by atoms with Crippen molar-refractivity contribution >= 4 is 11.5 Å². The van der Waals surface area contributed by atoms with Crippen LogP contribution >= 0.6 is 0 Å². The molecule has 9 nitrogen and oxygen atoms in total. The van der Waals surface area contributed by atoms with Gasteiger partial charge < -0.3 is 38.3 Å². The summed E-state index contributed by atoms with van der Waals surface area (Å²) in [6.45, 7) is 0.0936. The number of ether oxygens (including phenoxy) is 7. The Labute approximate surface area is 213 Å². The zero-order valence-electron chi connectivity index (χ0n) is 20.8. The molecule has 5 rings (SSSR count). The standard InChI is InChI=1S/C28H26O9/c1-31-19-8-6-18(7-9-19)28(30)20(11-16-12-23(32-2)26(34-4)24(13-16)33-3)25(27(29)37-28)17-5-10-21-22(14-17)36-15-35-21/h5-10,12-14,30H,11,15H2,1-4H3/t28-/m1/s1. The van der Waals surface area contributed by atoms with Crippen molar-refractivity contribution in [2.75, 3.05) is 35.2 Å². The number of aliphatic hydroxyl groups is 1. The van der Waals surface area contributed by atoms with E-state index in [9.17, 15) is 9.90 Å². The summed E-state index contributed by atoms with van der Waals surface area (Å²) >= 11 is 0. The summed E-state index contributed by atoms with van der Waals surface area (Å²) < 4.78 is 38.3. The maximum absolute atomic E-state index is 13.3. The Morgan fingerprint density at radius 3 is 2.14 bits per heavy atom. The predicted octanol–water partition coefficient (Wildman–Crippen LogP) is 3.85. The van der Waals surface area contributed by atoms with Gasteiger partial charge in [0.2, 0.25) is 12.5 Å². The van der Waals surface area contributed by atoms with Crippen LogP contribution < -0.4 is 28.4 Å². The number of hydrogen-bond donors (Lipinski definition) is 1. The molecule has 0 aliphatic carbocycles. The Balaban J connectivity index is 1.68. The fraction of sp³-hybridized carbons (Fsp3) is 0.250. The lowest BCUT2D eigenvalue weighted by molar-refractivity contribution is -0.185. The maximum Gasteiger partial charge on any atom is 0.342 e. The highest BCUT2D eigenvalue weighted by molar-refractivity contribution is 6.20. The van der Waals surface area contributed by atoms with Gasteiger partial charge in [0.05, 0.1) is 34.0 Å². The lowest BCUT2D eigenvalue weighted by atomic mass is 9.88. The normalized spacial score (nSPS) is 18.0. The molecule has 3 aromatic carbocycles. The van der Waals surface area contributed by atoms with E-state index in [1.807, 2.05) is 0 Å². The lowest BCUT2D eigenvalue weighted by Gasteiger charge is -2.26. The summed E-state index contributed by atoms with van der Waals surface area (Å²) in [5.41, 5.74) is 2.18. The largest absolute Gasteiger partial charge is 0.497 e. The molecule has 0 aromatic heterocycles. The molecule has 0 unspecified atom stereocenters. The minimum absolute atomic E-state index is 0.0936. The molecule has 0 saturated heterocycles. The number of esters is 1. The van der Waals surface area contributed by atoms with Crippen LogP contribution in [0.2, 0.25) is 0 Å². The van der Waals surface area contributed by atoms with Crippen molar-refractivity contribution in [3.05, 3.63) is 76.9 Å². The van der Waals surface area contributed by atoms with E-state index in [0.29, 0.717) is 56.8 Å². The Morgan fingerprint density at radius 1 is 0.838 bits per heavy atom. The summed E-state index contributed by atoms with van der Waals surface area (Å²) in [5.74, 6) is 0.304. The molecule has 1 atom stereocenters. The van der Waals surface area contributed by atoms with E-state index < -0.39 is 11.8 Å². The van der Waals surface area contributed by atoms with Crippen LogP contribution in [0.5, 0.6) is 34.5 Å². The molecule has 2 heterocycles. The minimum Gasteiger partial charge on any atom is -0.497 e. The molecule has 0 bridgehead atoms. The Bertz CT molecular complexity index is 1350. The van der Waals surface area contributed by atoms with Gasteiger partial charge in [-0.2, -0.15) is 0 Å². The maximum atomic E-state index is 13.3. The number of cyclic esters (lactones) is 1. The van der Waals surface area contributed by atoms with Gasteiger partial charge in [-0.1, -0.05) is 6.07 Å². The Kier molecular flexibility index (Phi) is 6.31. The summed E-state index contributed by atoms with van der Waals surface area (Å²) in [4.78, 5) is 13.3. The third-order valence-electron chi connectivity index (χ3n) is 6.40. The van der Waals surface area contributed by atoms with Gasteiger partial charge in [-0.05, 0) is 59.7 Å². The third kappa shape index (κ3) is 4.17. The second kappa shape index (κ2) is 9.59. The van der Waals surface area contributed by atoms with Crippen LogP contribution in [0.3, 0.4) is 0 Å². The second-order valence-corrected chi connectivity index (χ2v) is 8.39. The molecule has 9 heteroatoms. The highest BCUT2D eigenvalue weighted by Crippen LogP contribution is 2.47. The van der Waals surface area contributed by atoms with Crippen molar-refractivity contribution in [2.24, 2.45) is 0 Å². The molecule has 0 fully saturated rings. The van der Waals surface area contributed by atoms with Crippen molar-refractivity contribution in [2.45, 2.75) is 12.2 Å². The number of carbonyl (C=O) groups excluding carboxylic acids is 1. The molecule has 0 spiro atoms. The zero-order valence-corrected chi connectivity index (χ0v) is 20.8. The molecule has 37 heavy (non-hydrogen) atoms. The van der Waals surface area contributed by atoms with Gasteiger partial charge in [-0.3, -0.25) is 0 Å². The van der Waals surface area contributed by atoms with Crippen LogP contribution in [0.15, 0.2) is 60.2 Å². The van der Waals surface area contributed by atoms with E-state index >= 15 is 0 Å². The average molecular weight is 507 g/mol. The van der Waals surface area contributed by atoms with Gasteiger partial charge in [0, 0.05) is 17.6 Å². The van der Waals surface area contributed by atoms with Crippen LogP contribution in [-0.4, -0.2) is 46.3 Å². The van der Waals surface area contributed by atoms with E-state index in [0.717, 1.165) is 0 Å². The monoisotopic (exact) mass is 506 g/mol. The van der Waals surface area contributed by atoms with Crippen LogP contribution in [-0.2, 0) is 21.7 Å². The molecule has 0 amide bonds. The number of rotatable bonds is 8. The highest BCUT2D eigenvalue weighted by Gasteiger charge is 2.48. The molecule has 3 aromatic rings. The second-order valence-electron chi connectivity index (χ2n) is 8.39. The van der Waals surface area contributed by atoms with E-state index in [1.165, 1.54) is 21.3 Å². The van der Waals surface area contributed by atoms with E-state index in [4.69, 9.17) is 33.2 Å². The number of fused-ring (bicyclic) bond motifs is 1. The predicted molar refractivity (Wildman–Crippen MR) is 132 cm³/mol. The molecular formula is C28H26O9. The summed E-state index contributed by atoms with van der Waals surface area (Å²) in [5, 5.41) is 11.9. The van der Waals surface area contributed by atoms with Gasteiger partial charge in [0.1, 0.15) is 5.75 Å². The Hall–Kier alpha value is -4.37. The highest BCUT2D eigenvalue weighted by atomic mass is 16.7. The third-order valence-corrected chi connectivity index (χ3v) is 6.40. The molecule has 2 aliphatic heterocycles. The van der Waals surface area contributed by atoms with Crippen LogP contribution in [0.4, 0.5) is 0 Å². The quantitative estimate of drug-likeness (QED) is 0.457. The molecule has 0 saturated carbocycles. The number of hydrogen-bond acceptors (Lipinski definition) is 9. The van der Waals surface area contributed by atoms with Crippen molar-refractivity contribution in [3.63, 3.8) is 0 Å². The minimum atomic E-state index is -2.03. The van der Waals surface area contributed by atoms with E-state index in [2.05, 4.69) is 0 Å². The van der Waals surface area contributed by atoms with Crippen molar-refractivity contribution in [3.8, 4) is 34.5 Å². The van der Waals surface area contributed by atoms with E-state index in [1.54, 1.807) is 61.7 Å². The van der Waals surface area contributed by atoms with Crippen molar-refractivity contribution < 1.29 is 43.1 Å². The number of benzene rings is 3. The topological polar surface area (TPSA) is 102 Å². The van der Waals surface area contributed by atoms with Crippen molar-refractivity contribution in [1.29, 1.82) is 0 Å². The van der Waals surface area contributed by atoms with Gasteiger partial charge >= 0.3 is 5.97 Å². The number of carbonyl (C=O) groups is 1. The first-order valence-corrected chi connectivity index (χ1v) is 11.4. The smallest absolute Gasteiger partial charge is 0.342 e. The Morgan fingerprint density at radius 2 is 1.51 bits per heavy atom. The fourth-order valence-corrected chi connectivity index (χ4v) is 4.58. The lowest BCUT2D eigenvalue weighted by Crippen LogP contribution is -2.29. The molecule has 0 radical (unpaired) electrons. The van der Waals surface area contributed by atoms with Crippen LogP contribution in [0, 0.1) is 0 Å². The first kappa shape index (κ1) is 24.3. The molecule has 2 aliphatic rings. The van der Waals surface area contributed by atoms with Gasteiger partial charge in [0.15, 0.2) is 23.0 Å². The van der Waals surface area contributed by atoms with E-state index in [-0.39, 0.29) is 18.8 Å². The van der Waals surface area contributed by atoms with Gasteiger partial charge in [-0.25, -0.2) is 4.79 Å². The average Bonchev–Trinajstić information content (AvgIpc) is 3.49. The zero-order chi connectivity index (χ0) is 26.2. The molecular weight excluding hydrogens is 480 g/mol. The fourth-order valence-electron chi connectivity index (χ4n) is 4.58. The summed E-state index contributed by atoms with van der Waals surface area (Å²) in [7, 11) is 6.11. The molecule has 192 valence electrons. The van der Waals surface area contributed by atoms with Crippen LogP contribution in [0.1, 0.15) is 16.7 Å². The number of methoxy groups -OCH3 is 4. The van der Waals surface area contributed by atoms with Crippen molar-refractivity contribution in [1.82, 2.24) is 0 Å². The molecule has 1 N–H and O–H groups in total. The van der Waals surface area contributed by atoms with Crippen LogP contribution in [0.25, 0.3) is 5.57 Å². The van der Waals surface area contributed by atoms with Gasteiger partial charge in [-0.15, -0.1) is 0 Å². The van der Waals surface area contributed by atoms with Gasteiger partial charge in [0.25, 0.3) is 5.79 Å². The first-order valence-electron chi connectivity index (χ1n) is 11.4. The first-order chi connectivity index (χ1) is 17.9.